The van der Waals surface area contributed by atoms with Crippen molar-refractivity contribution in [3.8, 4) is 5.75 Å². The van der Waals surface area contributed by atoms with E-state index >= 15 is 0 Å². The van der Waals surface area contributed by atoms with Gasteiger partial charge in [0.05, 0.1) is 19.7 Å². The molecule has 1 unspecified atom stereocenters. The smallest absolute Gasteiger partial charge is 0.243 e. The molecule has 1 amide bonds. The molecule has 1 aliphatic rings. The molecule has 3 rings (SSSR count). The third kappa shape index (κ3) is 7.93. The lowest BCUT2D eigenvalue weighted by molar-refractivity contribution is -0.127. The molecule has 0 bridgehead atoms. The van der Waals surface area contributed by atoms with E-state index in [-0.39, 0.29) is 42.5 Å². The maximum atomic E-state index is 12.1. The maximum absolute atomic E-state index is 12.1. The first-order valence-electron chi connectivity index (χ1n) is 10.7. The number of carbonyl (C=O) groups excluding carboxylic acids is 1. The fraction of sp³-hybridized carbons (Fsp3) is 0.478. The fourth-order valence-corrected chi connectivity index (χ4v) is 4.22. The number of carbonyl (C=O) groups is 1. The molecule has 0 saturated carbocycles. The molecule has 2 aromatic rings. The molecular weight excluding hydrogens is 537 g/mol. The minimum atomic E-state index is -0.0246. The Morgan fingerprint density at radius 1 is 1.19 bits per heavy atom. The van der Waals surface area contributed by atoms with Crippen molar-refractivity contribution in [1.82, 2.24) is 20.4 Å². The number of benzene rings is 1. The number of aliphatic imine (C=N–C) groups is 1. The summed E-state index contributed by atoms with van der Waals surface area (Å²) in [5.74, 6) is 1.49. The summed E-state index contributed by atoms with van der Waals surface area (Å²) in [6.07, 6.45) is 2.45. The van der Waals surface area contributed by atoms with Crippen molar-refractivity contribution in [2.45, 2.75) is 25.4 Å². The van der Waals surface area contributed by atoms with Crippen LogP contribution in [0.4, 0.5) is 0 Å². The Labute approximate surface area is 212 Å². The number of ether oxygens (including phenoxy) is 1. The third-order valence-corrected chi connectivity index (χ3v) is 6.30. The van der Waals surface area contributed by atoms with Crippen LogP contribution in [0.5, 0.6) is 5.75 Å². The van der Waals surface area contributed by atoms with E-state index in [9.17, 15) is 4.79 Å². The summed E-state index contributed by atoms with van der Waals surface area (Å²) in [5.41, 5.74) is 1.25. The molecule has 1 fully saturated rings. The number of likely N-dealkylation sites (N-methyl/N-ethyl adjacent to an activating group) is 1. The third-order valence-electron chi connectivity index (χ3n) is 5.43. The second-order valence-electron chi connectivity index (χ2n) is 7.80. The van der Waals surface area contributed by atoms with Crippen molar-refractivity contribution in [3.63, 3.8) is 0 Å². The highest BCUT2D eigenvalue weighted by molar-refractivity contribution is 14.0. The Hall–Kier alpha value is -1.85. The van der Waals surface area contributed by atoms with Gasteiger partial charge in [-0.15, -0.1) is 35.3 Å². The zero-order valence-electron chi connectivity index (χ0n) is 19.0. The van der Waals surface area contributed by atoms with Gasteiger partial charge in [-0.25, -0.2) is 4.99 Å². The lowest BCUT2D eigenvalue weighted by atomic mass is 10.1. The standard InChI is InChI=1S/C23H33N5O2S.HI/c1-27(2)22(29)17-26-23(24-15-20-7-6-14-31-20)25-16-21(28-12-4-5-13-28)18-8-10-19(30-3)11-9-18;/h6-11,14,21H,4-5,12-13,15-17H2,1-3H3,(H2,24,25,26);1H. The van der Waals surface area contributed by atoms with Crippen LogP contribution >= 0.6 is 35.3 Å². The maximum Gasteiger partial charge on any atom is 0.243 e. The number of methoxy groups -OCH3 is 1. The van der Waals surface area contributed by atoms with Gasteiger partial charge in [-0.2, -0.15) is 0 Å². The number of halogens is 1. The molecule has 1 aliphatic heterocycles. The molecule has 7 nitrogen and oxygen atoms in total. The van der Waals surface area contributed by atoms with Gasteiger partial charge in [-0.3, -0.25) is 9.69 Å². The number of amides is 1. The van der Waals surface area contributed by atoms with Crippen LogP contribution in [-0.2, 0) is 11.3 Å². The molecular formula is C23H34IN5O2S. The predicted molar refractivity (Wildman–Crippen MR) is 142 cm³/mol. The van der Waals surface area contributed by atoms with E-state index in [1.807, 2.05) is 18.2 Å². The van der Waals surface area contributed by atoms with Crippen LogP contribution in [-0.4, -0.2) is 69.1 Å². The van der Waals surface area contributed by atoms with Crippen LogP contribution < -0.4 is 15.4 Å². The number of nitrogens with one attached hydrogen (secondary N) is 2. The molecule has 2 heterocycles. The van der Waals surface area contributed by atoms with Crippen LogP contribution in [0.25, 0.3) is 0 Å². The number of hydrogen-bond acceptors (Lipinski definition) is 5. The van der Waals surface area contributed by atoms with Gasteiger partial charge in [0.1, 0.15) is 12.3 Å². The van der Waals surface area contributed by atoms with E-state index < -0.39 is 0 Å². The molecule has 1 aromatic heterocycles. The van der Waals surface area contributed by atoms with E-state index in [4.69, 9.17) is 4.74 Å². The first-order valence-corrected chi connectivity index (χ1v) is 11.6. The highest BCUT2D eigenvalue weighted by Gasteiger charge is 2.24. The molecule has 1 aromatic carbocycles. The Balaban J connectivity index is 0.00000363. The Bertz CT molecular complexity index is 837. The number of guanidine groups is 1. The Morgan fingerprint density at radius 2 is 1.91 bits per heavy atom. The van der Waals surface area contributed by atoms with Gasteiger partial charge in [-0.1, -0.05) is 18.2 Å². The normalized spacial score (nSPS) is 15.0. The molecule has 0 spiro atoms. The van der Waals surface area contributed by atoms with E-state index in [1.165, 1.54) is 23.3 Å². The van der Waals surface area contributed by atoms with Crippen molar-refractivity contribution < 1.29 is 9.53 Å². The van der Waals surface area contributed by atoms with Crippen LogP contribution in [0.15, 0.2) is 46.8 Å². The summed E-state index contributed by atoms with van der Waals surface area (Å²) in [5, 5.41) is 8.91. The molecule has 0 aliphatic carbocycles. The summed E-state index contributed by atoms with van der Waals surface area (Å²) in [6, 6.07) is 12.6. The number of nitrogens with zero attached hydrogens (tertiary/aromatic N) is 3. The predicted octanol–water partition coefficient (Wildman–Crippen LogP) is 3.34. The molecule has 0 radical (unpaired) electrons. The Kier molecular flexibility index (Phi) is 11.3. The number of thiophene rings is 1. The Morgan fingerprint density at radius 3 is 2.50 bits per heavy atom. The minimum absolute atomic E-state index is 0. The topological polar surface area (TPSA) is 69.2 Å². The summed E-state index contributed by atoms with van der Waals surface area (Å²) in [7, 11) is 5.18. The number of hydrogen-bond donors (Lipinski definition) is 2. The highest BCUT2D eigenvalue weighted by atomic mass is 127. The lowest BCUT2D eigenvalue weighted by Gasteiger charge is -2.29. The van der Waals surface area contributed by atoms with Crippen LogP contribution in [0.1, 0.15) is 29.3 Å². The molecule has 9 heteroatoms. The molecule has 2 N–H and O–H groups in total. The summed E-state index contributed by atoms with van der Waals surface area (Å²) in [4.78, 5) is 21.9. The van der Waals surface area contributed by atoms with Crippen molar-refractivity contribution in [2.75, 3.05) is 47.4 Å². The van der Waals surface area contributed by atoms with Gasteiger partial charge >= 0.3 is 0 Å². The van der Waals surface area contributed by atoms with E-state index in [1.54, 1.807) is 37.4 Å². The second-order valence-corrected chi connectivity index (χ2v) is 8.83. The van der Waals surface area contributed by atoms with Crippen molar-refractivity contribution >= 4 is 47.2 Å². The van der Waals surface area contributed by atoms with Crippen LogP contribution in [0.3, 0.4) is 0 Å². The first kappa shape index (κ1) is 26.4. The SMILES string of the molecule is COc1ccc(C(CNC(=NCC(=O)N(C)C)NCc2cccs2)N2CCCC2)cc1.I. The lowest BCUT2D eigenvalue weighted by Crippen LogP contribution is -2.43. The average molecular weight is 572 g/mol. The van der Waals surface area contributed by atoms with Crippen molar-refractivity contribution in [3.05, 3.63) is 52.2 Å². The van der Waals surface area contributed by atoms with E-state index in [0.717, 1.165) is 18.8 Å². The zero-order chi connectivity index (χ0) is 22.1. The van der Waals surface area contributed by atoms with Gasteiger partial charge in [0.2, 0.25) is 5.91 Å². The highest BCUT2D eigenvalue weighted by Crippen LogP contribution is 2.26. The fourth-order valence-electron chi connectivity index (χ4n) is 3.58. The van der Waals surface area contributed by atoms with Gasteiger partial charge in [-0.05, 0) is 55.1 Å². The quantitative estimate of drug-likeness (QED) is 0.275. The van der Waals surface area contributed by atoms with Crippen molar-refractivity contribution in [2.24, 2.45) is 4.99 Å². The summed E-state index contributed by atoms with van der Waals surface area (Å²) >= 11 is 1.70. The summed E-state index contributed by atoms with van der Waals surface area (Å²) in [6.45, 7) is 3.68. The average Bonchev–Trinajstić information content (AvgIpc) is 3.50. The molecule has 1 saturated heterocycles. The van der Waals surface area contributed by atoms with Gasteiger partial charge in [0.15, 0.2) is 5.96 Å². The van der Waals surface area contributed by atoms with Crippen LogP contribution in [0.2, 0.25) is 0 Å². The van der Waals surface area contributed by atoms with Gasteiger partial charge < -0.3 is 20.3 Å². The minimum Gasteiger partial charge on any atom is -0.497 e. The van der Waals surface area contributed by atoms with Gasteiger partial charge in [0, 0.05) is 25.5 Å². The largest absolute Gasteiger partial charge is 0.497 e. The second kappa shape index (κ2) is 13.6. The van der Waals surface area contributed by atoms with Crippen molar-refractivity contribution in [1.29, 1.82) is 0 Å². The number of rotatable bonds is 9. The van der Waals surface area contributed by atoms with Crippen LogP contribution in [0, 0.1) is 0 Å². The first-order chi connectivity index (χ1) is 15.1. The number of likely N-dealkylation sites (tertiary alicyclic amines) is 1. The van der Waals surface area contributed by atoms with E-state index in [0.29, 0.717) is 19.0 Å². The monoisotopic (exact) mass is 571 g/mol. The zero-order valence-corrected chi connectivity index (χ0v) is 22.2. The molecule has 1 atom stereocenters. The molecule has 176 valence electrons. The molecule has 32 heavy (non-hydrogen) atoms. The summed E-state index contributed by atoms with van der Waals surface area (Å²) < 4.78 is 5.32. The van der Waals surface area contributed by atoms with E-state index in [2.05, 4.69) is 44.1 Å². The van der Waals surface area contributed by atoms with Gasteiger partial charge in [0.25, 0.3) is 0 Å².